The Hall–Kier alpha value is -1.75. The summed E-state index contributed by atoms with van der Waals surface area (Å²) < 4.78 is 6.31. The highest BCUT2D eigenvalue weighted by Crippen LogP contribution is 2.08. The number of aryl methyl sites for hydroxylation is 1. The van der Waals surface area contributed by atoms with Crippen LogP contribution in [-0.2, 0) is 20.9 Å². The molecule has 1 heterocycles. The molecule has 0 amide bonds. The molecule has 0 bridgehead atoms. The number of rotatable bonds is 11. The van der Waals surface area contributed by atoms with Crippen LogP contribution in [0.2, 0.25) is 0 Å². The Morgan fingerprint density at radius 3 is 1.77 bits per heavy atom. The summed E-state index contributed by atoms with van der Waals surface area (Å²) in [7, 11) is 0. The van der Waals surface area contributed by atoms with Crippen molar-refractivity contribution in [3.8, 4) is 0 Å². The lowest BCUT2D eigenvalue weighted by Crippen LogP contribution is -3.00. The smallest absolute Gasteiger partial charge is 0.338 e. The predicted molar refractivity (Wildman–Crippen MR) is 101 cm³/mol. The number of pyridine rings is 1. The Labute approximate surface area is 168 Å². The molecule has 0 aliphatic heterocycles. The van der Waals surface area contributed by atoms with Crippen LogP contribution < -0.4 is 21.5 Å². The third-order valence-corrected chi connectivity index (χ3v) is 3.58. The summed E-state index contributed by atoms with van der Waals surface area (Å²) in [6.07, 6.45) is 17.3. The number of hydrogen-bond donors (Lipinski definition) is 0. The van der Waals surface area contributed by atoms with Gasteiger partial charge in [-0.1, -0.05) is 64.7 Å². The quantitative estimate of drug-likeness (QED) is 0.177. The van der Waals surface area contributed by atoms with Crippen molar-refractivity contribution in [1.29, 1.82) is 0 Å². The summed E-state index contributed by atoms with van der Waals surface area (Å²) >= 11 is 0. The molecule has 0 atom stereocenters. The van der Waals surface area contributed by atoms with Crippen molar-refractivity contribution in [2.24, 2.45) is 0 Å². The zero-order valence-corrected chi connectivity index (χ0v) is 17.5. The summed E-state index contributed by atoms with van der Waals surface area (Å²) in [6, 6.07) is 6.28. The first-order valence-electron chi connectivity index (χ1n) is 9.08. The number of nitrogens with zero attached hydrogens (tertiary/aromatic N) is 1. The molecule has 0 spiro atoms. The molecule has 0 aliphatic rings. The fourth-order valence-electron chi connectivity index (χ4n) is 2.19. The van der Waals surface area contributed by atoms with E-state index in [9.17, 15) is 9.59 Å². The van der Waals surface area contributed by atoms with E-state index in [1.165, 1.54) is 57.9 Å². The summed E-state index contributed by atoms with van der Waals surface area (Å²) in [4.78, 5) is 20.3. The van der Waals surface area contributed by atoms with Crippen LogP contribution >= 0.6 is 0 Å². The van der Waals surface area contributed by atoms with Gasteiger partial charge in [-0.25, -0.2) is 14.2 Å². The Morgan fingerprint density at radius 1 is 0.846 bits per heavy atom. The summed E-state index contributed by atoms with van der Waals surface area (Å²) in [5, 5.41) is 0. The Balaban J connectivity index is 0. The maximum absolute atomic E-state index is 10.2. The van der Waals surface area contributed by atoms with E-state index in [0.717, 1.165) is 12.2 Å². The fraction of sp³-hybridized carbons (Fsp3) is 0.476. The van der Waals surface area contributed by atoms with Crippen molar-refractivity contribution in [3.63, 3.8) is 0 Å². The average molecular weight is 426 g/mol. The lowest BCUT2D eigenvalue weighted by atomic mass is 10.1. The fourth-order valence-corrected chi connectivity index (χ4v) is 2.19. The molecule has 0 N–H and O–H groups in total. The maximum atomic E-state index is 10.2. The number of ether oxygens (including phenoxy) is 1. The van der Waals surface area contributed by atoms with E-state index in [1.54, 1.807) is 0 Å². The van der Waals surface area contributed by atoms with Gasteiger partial charge in [0.2, 0.25) is 0 Å². The van der Waals surface area contributed by atoms with Gasteiger partial charge in [-0.3, -0.25) is 0 Å². The number of unbranched alkanes of at least 4 members (excludes halogenated alkanes) is 7. The van der Waals surface area contributed by atoms with E-state index < -0.39 is 11.9 Å². The lowest BCUT2D eigenvalue weighted by molar-refractivity contribution is -0.697. The molecule has 26 heavy (non-hydrogen) atoms. The van der Waals surface area contributed by atoms with Crippen molar-refractivity contribution in [1.82, 2.24) is 0 Å². The summed E-state index contributed by atoms with van der Waals surface area (Å²) in [6.45, 7) is 9.63. The second kappa shape index (κ2) is 19.6. The van der Waals surface area contributed by atoms with Gasteiger partial charge < -0.3 is 21.7 Å². The van der Waals surface area contributed by atoms with E-state index in [0.29, 0.717) is 0 Å². The van der Waals surface area contributed by atoms with Crippen LogP contribution in [-0.4, -0.2) is 11.9 Å². The van der Waals surface area contributed by atoms with Gasteiger partial charge >= 0.3 is 11.9 Å². The molecule has 5 heteroatoms. The van der Waals surface area contributed by atoms with Gasteiger partial charge in [0.05, 0.1) is 0 Å². The Bertz CT molecular complexity index is 485. The van der Waals surface area contributed by atoms with E-state index in [1.807, 2.05) is 0 Å². The maximum Gasteiger partial charge on any atom is 0.338 e. The van der Waals surface area contributed by atoms with Crippen LogP contribution in [0.1, 0.15) is 58.3 Å². The Morgan fingerprint density at radius 2 is 1.31 bits per heavy atom. The molecule has 4 nitrogen and oxygen atoms in total. The zero-order valence-electron chi connectivity index (χ0n) is 15.9. The van der Waals surface area contributed by atoms with Gasteiger partial charge in [-0.2, -0.15) is 0 Å². The number of halogens is 1. The first kappa shape index (κ1) is 26.5. The van der Waals surface area contributed by atoms with Crippen molar-refractivity contribution in [2.45, 2.75) is 64.8 Å². The van der Waals surface area contributed by atoms with Gasteiger partial charge in [-0.05, 0) is 6.42 Å². The Kier molecular flexibility index (Phi) is 19.9. The molecule has 0 fully saturated rings. The van der Waals surface area contributed by atoms with Crippen molar-refractivity contribution in [3.05, 3.63) is 55.9 Å². The third kappa shape index (κ3) is 17.1. The SMILES string of the molecule is C=CC(=O)OC(=O)C=C.CCCCCCCCCC[n+]1ccccc1.[Br-]. The summed E-state index contributed by atoms with van der Waals surface area (Å²) in [5.74, 6) is -1.53. The molecule has 1 rings (SSSR count). The lowest BCUT2D eigenvalue weighted by Gasteiger charge is -2.00. The second-order valence-electron chi connectivity index (χ2n) is 5.74. The monoisotopic (exact) mass is 425 g/mol. The molecule has 0 aromatic carbocycles. The molecule has 0 radical (unpaired) electrons. The molecular weight excluding hydrogens is 394 g/mol. The molecule has 0 aliphatic carbocycles. The normalized spacial score (nSPS) is 9.12. The molecule has 0 unspecified atom stereocenters. The number of esters is 2. The highest BCUT2D eigenvalue weighted by atomic mass is 79.9. The standard InChI is InChI=1S/C15H26N.C6H6O3.BrH/c1-2-3-4-5-6-7-8-10-13-16-14-11-9-12-15-16;1-3-5(7)9-6(8)4-2;/h9,11-12,14-15H,2-8,10,13H2,1H3;3-4H,1-2H2;1H/q+1;;/p-1. The zero-order chi connectivity index (χ0) is 18.8. The van der Waals surface area contributed by atoms with Crippen LogP contribution in [0.3, 0.4) is 0 Å². The predicted octanol–water partition coefficient (Wildman–Crippen LogP) is 1.55. The van der Waals surface area contributed by atoms with Crippen LogP contribution in [0.15, 0.2) is 55.9 Å². The highest BCUT2D eigenvalue weighted by Gasteiger charge is 1.99. The minimum atomic E-state index is -0.764. The molecule has 0 saturated heterocycles. The minimum Gasteiger partial charge on any atom is -1.00 e. The number of aromatic nitrogens is 1. The van der Waals surface area contributed by atoms with Crippen molar-refractivity contribution in [2.75, 3.05) is 0 Å². The molecule has 146 valence electrons. The van der Waals surface area contributed by atoms with Gasteiger partial charge in [0.15, 0.2) is 12.4 Å². The largest absolute Gasteiger partial charge is 1.00 e. The van der Waals surface area contributed by atoms with E-state index in [-0.39, 0.29) is 17.0 Å². The number of carbonyl (C=O) groups is 2. The van der Waals surface area contributed by atoms with Crippen molar-refractivity contribution >= 4 is 11.9 Å². The van der Waals surface area contributed by atoms with Crippen LogP contribution in [0.25, 0.3) is 0 Å². The van der Waals surface area contributed by atoms with E-state index in [2.05, 4.69) is 60.0 Å². The highest BCUT2D eigenvalue weighted by molar-refractivity contribution is 5.95. The first-order valence-corrected chi connectivity index (χ1v) is 9.08. The molecule has 1 aromatic heterocycles. The second-order valence-corrected chi connectivity index (χ2v) is 5.74. The van der Waals surface area contributed by atoms with E-state index >= 15 is 0 Å². The van der Waals surface area contributed by atoms with Crippen LogP contribution in [0, 0.1) is 0 Å². The van der Waals surface area contributed by atoms with Crippen LogP contribution in [0.4, 0.5) is 0 Å². The average Bonchev–Trinajstić information content (AvgIpc) is 2.65. The van der Waals surface area contributed by atoms with Crippen LogP contribution in [0.5, 0.6) is 0 Å². The van der Waals surface area contributed by atoms with Gasteiger partial charge in [-0.15, -0.1) is 0 Å². The van der Waals surface area contributed by atoms with Crippen molar-refractivity contribution < 1.29 is 35.9 Å². The minimum absolute atomic E-state index is 0. The molecule has 0 saturated carbocycles. The first-order chi connectivity index (χ1) is 12.1. The van der Waals surface area contributed by atoms with Gasteiger partial charge in [0.1, 0.15) is 6.54 Å². The molecule has 1 aromatic rings. The molecular formula is C21H32BrNO3. The number of carbonyl (C=O) groups excluding carboxylic acids is 2. The van der Waals surface area contributed by atoms with E-state index in [4.69, 9.17) is 0 Å². The summed E-state index contributed by atoms with van der Waals surface area (Å²) in [5.41, 5.74) is 0. The van der Waals surface area contributed by atoms with Gasteiger partial charge in [0.25, 0.3) is 0 Å². The third-order valence-electron chi connectivity index (χ3n) is 3.58. The van der Waals surface area contributed by atoms with Gasteiger partial charge in [0, 0.05) is 30.7 Å². The topological polar surface area (TPSA) is 47.3 Å². The number of hydrogen-bond acceptors (Lipinski definition) is 3.